The van der Waals surface area contributed by atoms with E-state index < -0.39 is 10.0 Å². The smallest absolute Gasteiger partial charge is 0.243 e. The second-order valence-electron chi connectivity index (χ2n) is 9.02. The molecule has 1 heterocycles. The molecule has 1 aliphatic carbocycles. The molecule has 1 unspecified atom stereocenters. The Balaban J connectivity index is 0.00000324. The van der Waals surface area contributed by atoms with Crippen LogP contribution in [-0.4, -0.2) is 58.0 Å². The van der Waals surface area contributed by atoms with Crippen LogP contribution in [0.4, 0.5) is 0 Å². The fourth-order valence-electron chi connectivity index (χ4n) is 5.47. The van der Waals surface area contributed by atoms with Crippen molar-refractivity contribution in [1.82, 2.24) is 9.21 Å². The molecular weight excluding hydrogens is 472 g/mol. The molecule has 0 fully saturated rings. The number of rotatable bonds is 10. The van der Waals surface area contributed by atoms with Crippen LogP contribution < -0.4 is 9.47 Å². The highest BCUT2D eigenvalue weighted by molar-refractivity contribution is 7.89. The summed E-state index contributed by atoms with van der Waals surface area (Å²) in [5.41, 5.74) is 5.10. The van der Waals surface area contributed by atoms with Crippen molar-refractivity contribution in [3.63, 3.8) is 0 Å². The number of ether oxygens (including phenoxy) is 2. The van der Waals surface area contributed by atoms with Gasteiger partial charge in [-0.05, 0) is 80.5 Å². The van der Waals surface area contributed by atoms with Crippen molar-refractivity contribution in [2.75, 3.05) is 40.4 Å². The highest BCUT2D eigenvalue weighted by Gasteiger charge is 2.36. The summed E-state index contributed by atoms with van der Waals surface area (Å²) in [7, 11) is -0.0196. The van der Waals surface area contributed by atoms with Gasteiger partial charge in [-0.25, -0.2) is 8.42 Å². The van der Waals surface area contributed by atoms with Crippen LogP contribution in [0.3, 0.4) is 0 Å². The summed E-state index contributed by atoms with van der Waals surface area (Å²) in [6, 6.07) is 9.77. The van der Waals surface area contributed by atoms with E-state index in [1.807, 2.05) is 26.0 Å². The van der Waals surface area contributed by atoms with Crippen LogP contribution in [0.15, 0.2) is 35.2 Å². The molecule has 0 aromatic heterocycles. The molecule has 1 atom stereocenters. The molecule has 6 nitrogen and oxygen atoms in total. The number of hydrogen-bond donors (Lipinski definition) is 0. The second kappa shape index (κ2) is 11.3. The molecule has 0 bridgehead atoms. The first-order chi connectivity index (χ1) is 15.9. The average Bonchev–Trinajstić information content (AvgIpc) is 3.26. The number of benzene rings is 2. The maximum absolute atomic E-state index is 13.1. The van der Waals surface area contributed by atoms with Gasteiger partial charge >= 0.3 is 0 Å². The Kier molecular flexibility index (Phi) is 8.90. The Hall–Kier alpha value is -1.80. The molecule has 1 aliphatic heterocycles. The molecule has 34 heavy (non-hydrogen) atoms. The highest BCUT2D eigenvalue weighted by Crippen LogP contribution is 2.48. The number of hydrogen-bond acceptors (Lipinski definition) is 5. The summed E-state index contributed by atoms with van der Waals surface area (Å²) < 4.78 is 39.0. The van der Waals surface area contributed by atoms with E-state index in [2.05, 4.69) is 11.0 Å². The minimum absolute atomic E-state index is 0. The van der Waals surface area contributed by atoms with E-state index in [4.69, 9.17) is 9.47 Å². The van der Waals surface area contributed by atoms with E-state index in [1.165, 1.54) is 16.7 Å². The Bertz CT molecular complexity index is 1110. The molecule has 0 N–H and O–H groups in total. The van der Waals surface area contributed by atoms with Crippen LogP contribution in [0.2, 0.25) is 0 Å². The van der Waals surface area contributed by atoms with Gasteiger partial charge in [0.1, 0.15) is 0 Å². The normalized spacial score (nSPS) is 17.4. The predicted molar refractivity (Wildman–Crippen MR) is 138 cm³/mol. The summed E-state index contributed by atoms with van der Waals surface area (Å²) in [4.78, 5) is 2.97. The Labute approximate surface area is 210 Å². The molecule has 0 radical (unpaired) electrons. The van der Waals surface area contributed by atoms with Crippen LogP contribution in [0.25, 0.3) is 0 Å². The maximum Gasteiger partial charge on any atom is 0.243 e. The van der Waals surface area contributed by atoms with E-state index in [0.29, 0.717) is 24.0 Å². The van der Waals surface area contributed by atoms with Crippen molar-refractivity contribution in [1.29, 1.82) is 0 Å². The van der Waals surface area contributed by atoms with E-state index in [1.54, 1.807) is 30.7 Å². The fourth-order valence-corrected chi connectivity index (χ4v) is 7.06. The zero-order valence-corrected chi connectivity index (χ0v) is 22.3. The summed E-state index contributed by atoms with van der Waals surface area (Å²) in [5.74, 6) is 1.73. The SMILES string of the molecule is CCN(CCCCN1CCc2cc(OC)c(OC)c3c2C1CC3)S(=O)(=O)c1cccc(C)c1.Cl. The number of aryl methyl sites for hydroxylation is 1. The van der Waals surface area contributed by atoms with E-state index in [-0.39, 0.29) is 12.4 Å². The minimum atomic E-state index is -3.45. The van der Waals surface area contributed by atoms with Gasteiger partial charge < -0.3 is 9.47 Å². The molecule has 0 spiro atoms. The van der Waals surface area contributed by atoms with Gasteiger partial charge in [0.25, 0.3) is 0 Å². The largest absolute Gasteiger partial charge is 0.493 e. The quantitative estimate of drug-likeness (QED) is 0.433. The van der Waals surface area contributed by atoms with Gasteiger partial charge in [0.2, 0.25) is 10.0 Å². The topological polar surface area (TPSA) is 59.1 Å². The van der Waals surface area contributed by atoms with Crippen molar-refractivity contribution < 1.29 is 17.9 Å². The van der Waals surface area contributed by atoms with Crippen LogP contribution in [-0.2, 0) is 22.9 Å². The summed E-state index contributed by atoms with van der Waals surface area (Å²) in [6.45, 7) is 6.90. The van der Waals surface area contributed by atoms with E-state index in [9.17, 15) is 8.42 Å². The second-order valence-corrected chi connectivity index (χ2v) is 11.0. The number of unbranched alkanes of at least 4 members (excludes halogenated alkanes) is 1. The van der Waals surface area contributed by atoms with Crippen molar-refractivity contribution in [3.05, 3.63) is 52.6 Å². The lowest BCUT2D eigenvalue weighted by atomic mass is 9.92. The first-order valence-electron chi connectivity index (χ1n) is 12.0. The van der Waals surface area contributed by atoms with Crippen LogP contribution in [0, 0.1) is 6.92 Å². The Morgan fingerprint density at radius 3 is 2.59 bits per heavy atom. The van der Waals surface area contributed by atoms with Crippen LogP contribution in [0.5, 0.6) is 11.5 Å². The third-order valence-electron chi connectivity index (χ3n) is 7.09. The summed E-state index contributed by atoms with van der Waals surface area (Å²) in [5, 5.41) is 0. The molecular formula is C26H37ClN2O4S. The average molecular weight is 509 g/mol. The molecule has 4 rings (SSSR count). The summed E-state index contributed by atoms with van der Waals surface area (Å²) in [6.07, 6.45) is 4.97. The number of methoxy groups -OCH3 is 2. The number of sulfonamides is 1. The Morgan fingerprint density at radius 2 is 1.91 bits per heavy atom. The van der Waals surface area contributed by atoms with Crippen molar-refractivity contribution >= 4 is 22.4 Å². The van der Waals surface area contributed by atoms with Gasteiger partial charge in [-0.1, -0.05) is 19.1 Å². The zero-order chi connectivity index (χ0) is 23.6. The van der Waals surface area contributed by atoms with Crippen LogP contribution >= 0.6 is 12.4 Å². The third kappa shape index (κ3) is 5.08. The lowest BCUT2D eigenvalue weighted by Crippen LogP contribution is -2.36. The van der Waals surface area contributed by atoms with Crippen molar-refractivity contribution in [2.24, 2.45) is 0 Å². The molecule has 0 saturated heterocycles. The van der Waals surface area contributed by atoms with Gasteiger partial charge in [0, 0.05) is 31.2 Å². The van der Waals surface area contributed by atoms with E-state index >= 15 is 0 Å². The standard InChI is InChI=1S/C26H36N2O4S.ClH/c1-5-28(33(29,30)21-10-8-9-19(2)17-21)15-7-6-14-27-16-13-20-18-24(31-3)26(32-4)22-11-12-23(27)25(20)22;/h8-10,17-18,23H,5-7,11-16H2,1-4H3;1H. The van der Waals surface area contributed by atoms with Gasteiger partial charge in [-0.3, -0.25) is 4.90 Å². The number of halogens is 1. The molecule has 8 heteroatoms. The number of nitrogens with zero attached hydrogens (tertiary/aromatic N) is 2. The first kappa shape index (κ1) is 26.8. The van der Waals surface area contributed by atoms with E-state index in [0.717, 1.165) is 62.3 Å². The molecule has 2 aromatic carbocycles. The van der Waals surface area contributed by atoms with Crippen LogP contribution in [0.1, 0.15) is 54.5 Å². The lowest BCUT2D eigenvalue weighted by Gasteiger charge is -2.35. The lowest BCUT2D eigenvalue weighted by molar-refractivity contribution is 0.180. The predicted octanol–water partition coefficient (Wildman–Crippen LogP) is 4.77. The fraction of sp³-hybridized carbons (Fsp3) is 0.538. The monoisotopic (exact) mass is 508 g/mol. The third-order valence-corrected chi connectivity index (χ3v) is 9.06. The van der Waals surface area contributed by atoms with Crippen molar-refractivity contribution in [3.8, 4) is 11.5 Å². The van der Waals surface area contributed by atoms with Gasteiger partial charge in [-0.2, -0.15) is 4.31 Å². The Morgan fingerprint density at radius 1 is 1.12 bits per heavy atom. The first-order valence-corrected chi connectivity index (χ1v) is 13.4. The molecule has 2 aliphatic rings. The maximum atomic E-state index is 13.1. The van der Waals surface area contributed by atoms with Crippen molar-refractivity contribution in [2.45, 2.75) is 56.9 Å². The van der Waals surface area contributed by atoms with Gasteiger partial charge in [0.15, 0.2) is 11.5 Å². The highest BCUT2D eigenvalue weighted by atomic mass is 35.5. The van der Waals surface area contributed by atoms with Gasteiger partial charge in [-0.15, -0.1) is 12.4 Å². The zero-order valence-electron chi connectivity index (χ0n) is 20.7. The molecule has 0 amide bonds. The molecule has 188 valence electrons. The summed E-state index contributed by atoms with van der Waals surface area (Å²) >= 11 is 0. The minimum Gasteiger partial charge on any atom is -0.493 e. The molecule has 2 aromatic rings. The molecule has 0 saturated carbocycles. The van der Waals surface area contributed by atoms with Gasteiger partial charge in [0.05, 0.1) is 19.1 Å².